The average Bonchev–Trinajstić information content (AvgIpc) is 2.66. The van der Waals surface area contributed by atoms with Crippen LogP contribution in [0, 0.1) is 0 Å². The standard InChI is InChI=1S/C10H19NO6S/c1-2-17-10(14)11(5-9(13)6-12)8-3-4-18(15,16)7-8/h8-9,12-13H,2-7H2,1H3/t8-,9+/m0/s1. The molecule has 1 aliphatic heterocycles. The highest BCUT2D eigenvalue weighted by atomic mass is 32.2. The third-order valence-corrected chi connectivity index (χ3v) is 4.52. The van der Waals surface area contributed by atoms with Gasteiger partial charge in [-0.2, -0.15) is 0 Å². The predicted molar refractivity (Wildman–Crippen MR) is 63.9 cm³/mol. The molecule has 8 heteroatoms. The van der Waals surface area contributed by atoms with Crippen molar-refractivity contribution in [2.45, 2.75) is 25.5 Å². The number of ether oxygens (including phenoxy) is 1. The minimum Gasteiger partial charge on any atom is -0.450 e. The molecule has 1 fully saturated rings. The second-order valence-electron chi connectivity index (χ2n) is 4.24. The summed E-state index contributed by atoms with van der Waals surface area (Å²) >= 11 is 0. The third kappa shape index (κ3) is 4.11. The van der Waals surface area contributed by atoms with E-state index in [1.807, 2.05) is 0 Å². The number of carbonyl (C=O) groups is 1. The average molecular weight is 281 g/mol. The number of sulfone groups is 1. The Labute approximate surface area is 106 Å². The Morgan fingerprint density at radius 2 is 2.22 bits per heavy atom. The molecular formula is C10H19NO6S. The Morgan fingerprint density at radius 3 is 2.67 bits per heavy atom. The summed E-state index contributed by atoms with van der Waals surface area (Å²) in [7, 11) is -3.13. The maximum atomic E-state index is 11.7. The minimum absolute atomic E-state index is 0.0305. The number of nitrogens with zero attached hydrogens (tertiary/aromatic N) is 1. The summed E-state index contributed by atoms with van der Waals surface area (Å²) < 4.78 is 27.6. The normalized spacial score (nSPS) is 23.6. The van der Waals surface area contributed by atoms with Crippen LogP contribution < -0.4 is 0 Å². The topological polar surface area (TPSA) is 104 Å². The molecule has 0 aromatic carbocycles. The molecule has 0 bridgehead atoms. The largest absolute Gasteiger partial charge is 0.450 e. The highest BCUT2D eigenvalue weighted by Gasteiger charge is 2.36. The second-order valence-corrected chi connectivity index (χ2v) is 6.47. The second kappa shape index (κ2) is 6.35. The summed E-state index contributed by atoms with van der Waals surface area (Å²) in [4.78, 5) is 12.9. The van der Waals surface area contributed by atoms with E-state index in [1.54, 1.807) is 6.92 Å². The molecule has 0 aromatic heterocycles. The first kappa shape index (κ1) is 15.2. The molecule has 1 saturated heterocycles. The zero-order valence-electron chi connectivity index (χ0n) is 10.3. The zero-order valence-corrected chi connectivity index (χ0v) is 11.1. The molecule has 1 aliphatic rings. The first-order chi connectivity index (χ1) is 8.39. The van der Waals surface area contributed by atoms with Crippen LogP contribution in [0.15, 0.2) is 0 Å². The summed E-state index contributed by atoms with van der Waals surface area (Å²) in [5, 5.41) is 18.2. The number of rotatable bonds is 5. The number of carbonyl (C=O) groups excluding carboxylic acids is 1. The van der Waals surface area contributed by atoms with Crippen molar-refractivity contribution in [1.29, 1.82) is 0 Å². The lowest BCUT2D eigenvalue weighted by atomic mass is 10.2. The van der Waals surface area contributed by atoms with Crippen LogP contribution in [0.4, 0.5) is 4.79 Å². The van der Waals surface area contributed by atoms with E-state index < -0.39 is 34.7 Å². The van der Waals surface area contributed by atoms with Gasteiger partial charge in [0.05, 0.1) is 43.4 Å². The lowest BCUT2D eigenvalue weighted by molar-refractivity contribution is 0.0375. The van der Waals surface area contributed by atoms with Gasteiger partial charge in [0, 0.05) is 0 Å². The van der Waals surface area contributed by atoms with Crippen molar-refractivity contribution in [2.24, 2.45) is 0 Å². The molecule has 1 rings (SSSR count). The van der Waals surface area contributed by atoms with Crippen LogP contribution in [-0.2, 0) is 14.6 Å². The molecule has 2 atom stereocenters. The van der Waals surface area contributed by atoms with Crippen LogP contribution in [0.2, 0.25) is 0 Å². The van der Waals surface area contributed by atoms with Gasteiger partial charge in [-0.1, -0.05) is 0 Å². The highest BCUT2D eigenvalue weighted by molar-refractivity contribution is 7.91. The Bertz CT molecular complexity index is 382. The molecule has 0 aromatic rings. The van der Waals surface area contributed by atoms with Gasteiger partial charge in [0.1, 0.15) is 0 Å². The highest BCUT2D eigenvalue weighted by Crippen LogP contribution is 2.19. The molecule has 0 saturated carbocycles. The molecule has 1 heterocycles. The summed E-state index contributed by atoms with van der Waals surface area (Å²) in [6.45, 7) is 1.19. The van der Waals surface area contributed by atoms with E-state index in [-0.39, 0.29) is 24.7 Å². The van der Waals surface area contributed by atoms with Crippen LogP contribution in [0.25, 0.3) is 0 Å². The number of aliphatic hydroxyl groups is 2. The zero-order chi connectivity index (χ0) is 13.8. The van der Waals surface area contributed by atoms with E-state index in [1.165, 1.54) is 4.90 Å². The maximum absolute atomic E-state index is 11.7. The van der Waals surface area contributed by atoms with Crippen LogP contribution in [0.1, 0.15) is 13.3 Å². The molecular weight excluding hydrogens is 262 g/mol. The van der Waals surface area contributed by atoms with Gasteiger partial charge in [0.2, 0.25) is 0 Å². The molecule has 2 N–H and O–H groups in total. The molecule has 0 aliphatic carbocycles. The summed E-state index contributed by atoms with van der Waals surface area (Å²) in [6, 6.07) is -0.491. The molecule has 1 amide bonds. The van der Waals surface area contributed by atoms with Crippen molar-refractivity contribution in [3.05, 3.63) is 0 Å². The molecule has 0 spiro atoms. The van der Waals surface area contributed by atoms with Crippen LogP contribution in [0.5, 0.6) is 0 Å². The predicted octanol–water partition coefficient (Wildman–Crippen LogP) is -1.01. The number of amides is 1. The molecule has 18 heavy (non-hydrogen) atoms. The number of hydrogen-bond donors (Lipinski definition) is 2. The van der Waals surface area contributed by atoms with Crippen molar-refractivity contribution in [3.63, 3.8) is 0 Å². The molecule has 7 nitrogen and oxygen atoms in total. The van der Waals surface area contributed by atoms with E-state index in [2.05, 4.69) is 0 Å². The molecule has 106 valence electrons. The Hall–Kier alpha value is -0.860. The Balaban J connectivity index is 2.74. The smallest absolute Gasteiger partial charge is 0.410 e. The van der Waals surface area contributed by atoms with Gasteiger partial charge in [-0.05, 0) is 13.3 Å². The van der Waals surface area contributed by atoms with Crippen molar-refractivity contribution in [2.75, 3.05) is 31.3 Å². The van der Waals surface area contributed by atoms with Crippen molar-refractivity contribution in [3.8, 4) is 0 Å². The van der Waals surface area contributed by atoms with E-state index in [4.69, 9.17) is 9.84 Å². The first-order valence-corrected chi connectivity index (χ1v) is 7.64. The summed E-state index contributed by atoms with van der Waals surface area (Å²) in [5.74, 6) is -0.0905. The first-order valence-electron chi connectivity index (χ1n) is 5.82. The third-order valence-electron chi connectivity index (χ3n) is 2.77. The van der Waals surface area contributed by atoms with E-state index >= 15 is 0 Å². The van der Waals surface area contributed by atoms with Crippen LogP contribution in [0.3, 0.4) is 0 Å². The Kier molecular flexibility index (Phi) is 5.36. The number of aliphatic hydroxyl groups excluding tert-OH is 2. The van der Waals surface area contributed by atoms with Gasteiger partial charge < -0.3 is 19.8 Å². The van der Waals surface area contributed by atoms with Gasteiger partial charge >= 0.3 is 6.09 Å². The molecule has 0 unspecified atom stereocenters. The van der Waals surface area contributed by atoms with Crippen LogP contribution >= 0.6 is 0 Å². The van der Waals surface area contributed by atoms with E-state index in [0.717, 1.165) is 0 Å². The minimum atomic E-state index is -3.13. The lowest BCUT2D eigenvalue weighted by Crippen LogP contribution is -2.46. The van der Waals surface area contributed by atoms with Gasteiger partial charge in [-0.25, -0.2) is 13.2 Å². The SMILES string of the molecule is CCOC(=O)N(C[C@@H](O)CO)[C@H]1CCS(=O)(=O)C1. The van der Waals surface area contributed by atoms with Gasteiger partial charge in [0.25, 0.3) is 0 Å². The van der Waals surface area contributed by atoms with E-state index in [9.17, 15) is 18.3 Å². The van der Waals surface area contributed by atoms with Crippen LogP contribution in [-0.4, -0.2) is 73.0 Å². The number of hydrogen-bond acceptors (Lipinski definition) is 6. The quantitative estimate of drug-likeness (QED) is 0.669. The van der Waals surface area contributed by atoms with Crippen molar-refractivity contribution >= 4 is 15.9 Å². The summed E-state index contributed by atoms with van der Waals surface area (Å²) in [5.41, 5.74) is 0. The van der Waals surface area contributed by atoms with Gasteiger partial charge in [-0.3, -0.25) is 0 Å². The summed E-state index contributed by atoms with van der Waals surface area (Å²) in [6.07, 6.45) is -1.43. The maximum Gasteiger partial charge on any atom is 0.410 e. The van der Waals surface area contributed by atoms with E-state index in [0.29, 0.717) is 6.42 Å². The monoisotopic (exact) mass is 281 g/mol. The fourth-order valence-electron chi connectivity index (χ4n) is 1.89. The van der Waals surface area contributed by atoms with Crippen molar-refractivity contribution in [1.82, 2.24) is 4.90 Å². The van der Waals surface area contributed by atoms with Gasteiger partial charge in [-0.15, -0.1) is 0 Å². The molecule has 0 radical (unpaired) electrons. The fourth-order valence-corrected chi connectivity index (χ4v) is 3.62. The van der Waals surface area contributed by atoms with Crippen molar-refractivity contribution < 1.29 is 28.2 Å². The Morgan fingerprint density at radius 1 is 1.56 bits per heavy atom. The van der Waals surface area contributed by atoms with Gasteiger partial charge in [0.15, 0.2) is 9.84 Å². The lowest BCUT2D eigenvalue weighted by Gasteiger charge is -2.28. The fraction of sp³-hybridized carbons (Fsp3) is 0.900.